The highest BCUT2D eigenvalue weighted by Gasteiger charge is 1.92. The summed E-state index contributed by atoms with van der Waals surface area (Å²) < 4.78 is 0. The number of rotatable bonds is 5. The van der Waals surface area contributed by atoms with Crippen LogP contribution in [0.1, 0.15) is 20.8 Å². The minimum atomic E-state index is 1.03. The van der Waals surface area contributed by atoms with Crippen molar-refractivity contribution in [2.24, 2.45) is 0 Å². The summed E-state index contributed by atoms with van der Waals surface area (Å²) in [6, 6.07) is 0. The van der Waals surface area contributed by atoms with Gasteiger partial charge in [0.2, 0.25) is 0 Å². The largest absolute Gasteiger partial charge is 0.0990 e. The van der Waals surface area contributed by atoms with Gasteiger partial charge in [-0.1, -0.05) is 76.1 Å². The summed E-state index contributed by atoms with van der Waals surface area (Å²) in [5.74, 6) is 0. The van der Waals surface area contributed by atoms with Gasteiger partial charge in [-0.05, 0) is 18.1 Å². The van der Waals surface area contributed by atoms with Crippen LogP contribution in [0.3, 0.4) is 0 Å². The van der Waals surface area contributed by atoms with Crippen molar-refractivity contribution in [3.05, 3.63) is 73.4 Å². The number of hydrogen-bond acceptors (Lipinski definition) is 0. The Balaban J connectivity index is 0. The molecule has 0 amide bonds. The highest BCUT2D eigenvalue weighted by atomic mass is 14.0. The highest BCUT2D eigenvalue weighted by molar-refractivity contribution is 5.47. The zero-order valence-corrected chi connectivity index (χ0v) is 10.2. The third-order valence-corrected chi connectivity index (χ3v) is 1.54. The fourth-order valence-corrected chi connectivity index (χ4v) is 0.891. The molecule has 0 aromatic heterocycles. The van der Waals surface area contributed by atoms with Gasteiger partial charge in [0.1, 0.15) is 0 Å². The Morgan fingerprint density at radius 1 is 0.867 bits per heavy atom. The van der Waals surface area contributed by atoms with Gasteiger partial charge < -0.3 is 0 Å². The SMILES string of the molecule is C=C/C=C(C=C)/C(C=C)=C/C=C\C.CC. The van der Waals surface area contributed by atoms with E-state index in [1.54, 1.807) is 18.2 Å². The van der Waals surface area contributed by atoms with E-state index in [-0.39, 0.29) is 0 Å². The van der Waals surface area contributed by atoms with E-state index < -0.39 is 0 Å². The normalized spacial score (nSPS) is 11.7. The molecule has 0 aliphatic heterocycles. The first-order chi connectivity index (χ1) is 7.29. The molecule has 82 valence electrons. The molecule has 0 atom stereocenters. The summed E-state index contributed by atoms with van der Waals surface area (Å²) in [4.78, 5) is 0. The summed E-state index contributed by atoms with van der Waals surface area (Å²) >= 11 is 0. The number of allylic oxidation sites excluding steroid dienone is 9. The van der Waals surface area contributed by atoms with Crippen LogP contribution in [0.4, 0.5) is 0 Å². The first-order valence-corrected chi connectivity index (χ1v) is 5.21. The van der Waals surface area contributed by atoms with E-state index in [0.717, 1.165) is 11.1 Å². The van der Waals surface area contributed by atoms with Gasteiger partial charge in [-0.25, -0.2) is 0 Å². The zero-order chi connectivity index (χ0) is 12.1. The maximum absolute atomic E-state index is 3.74. The van der Waals surface area contributed by atoms with Crippen molar-refractivity contribution < 1.29 is 0 Å². The number of hydrogen-bond donors (Lipinski definition) is 0. The zero-order valence-electron chi connectivity index (χ0n) is 10.2. The monoisotopic (exact) mass is 202 g/mol. The first-order valence-electron chi connectivity index (χ1n) is 5.21. The molecule has 15 heavy (non-hydrogen) atoms. The van der Waals surface area contributed by atoms with Crippen LogP contribution in [0.2, 0.25) is 0 Å². The predicted molar refractivity (Wildman–Crippen MR) is 72.9 cm³/mol. The van der Waals surface area contributed by atoms with Crippen LogP contribution in [0.25, 0.3) is 0 Å². The lowest BCUT2D eigenvalue weighted by Crippen LogP contribution is -1.80. The lowest BCUT2D eigenvalue weighted by molar-refractivity contribution is 1.50. The molecule has 0 aliphatic carbocycles. The molecule has 0 saturated heterocycles. The lowest BCUT2D eigenvalue weighted by atomic mass is 10.1. The molecule has 0 rings (SSSR count). The highest BCUT2D eigenvalue weighted by Crippen LogP contribution is 2.12. The minimum Gasteiger partial charge on any atom is -0.0990 e. The van der Waals surface area contributed by atoms with E-state index in [4.69, 9.17) is 0 Å². The fourth-order valence-electron chi connectivity index (χ4n) is 0.891. The minimum absolute atomic E-state index is 1.03. The molecule has 0 N–H and O–H groups in total. The summed E-state index contributed by atoms with van der Waals surface area (Å²) in [6.45, 7) is 17.1. The Kier molecular flexibility index (Phi) is 13.2. The Hall–Kier alpha value is -1.56. The molecule has 0 heterocycles. The van der Waals surface area contributed by atoms with E-state index in [9.17, 15) is 0 Å². The van der Waals surface area contributed by atoms with Crippen LogP contribution in [-0.4, -0.2) is 0 Å². The second-order valence-corrected chi connectivity index (χ2v) is 2.41. The van der Waals surface area contributed by atoms with Gasteiger partial charge in [-0.3, -0.25) is 0 Å². The molecule has 0 aliphatic rings. The average Bonchev–Trinajstić information content (AvgIpc) is 2.31. The second kappa shape index (κ2) is 12.4. The van der Waals surface area contributed by atoms with Gasteiger partial charge in [-0.15, -0.1) is 0 Å². The third kappa shape index (κ3) is 7.51. The molecule has 0 saturated carbocycles. The van der Waals surface area contributed by atoms with Gasteiger partial charge in [-0.2, -0.15) is 0 Å². The van der Waals surface area contributed by atoms with Crippen LogP contribution in [0.5, 0.6) is 0 Å². The van der Waals surface area contributed by atoms with Crippen molar-refractivity contribution in [3.63, 3.8) is 0 Å². The van der Waals surface area contributed by atoms with Crippen molar-refractivity contribution >= 4 is 0 Å². The van der Waals surface area contributed by atoms with Gasteiger partial charge in [0, 0.05) is 0 Å². The molecular formula is C15H22. The summed E-state index contributed by atoms with van der Waals surface area (Å²) in [7, 11) is 0. The van der Waals surface area contributed by atoms with Gasteiger partial charge in [0.05, 0.1) is 0 Å². The second-order valence-electron chi connectivity index (χ2n) is 2.41. The molecule has 0 aromatic carbocycles. The Bertz CT molecular complexity index is 272. The van der Waals surface area contributed by atoms with E-state index >= 15 is 0 Å². The molecule has 0 nitrogen and oxygen atoms in total. The third-order valence-electron chi connectivity index (χ3n) is 1.54. The van der Waals surface area contributed by atoms with Crippen LogP contribution in [0.15, 0.2) is 73.4 Å². The molecule has 0 spiro atoms. The van der Waals surface area contributed by atoms with Crippen LogP contribution in [0, 0.1) is 0 Å². The molecule has 0 bridgehead atoms. The smallest absolute Gasteiger partial charge is 0.0190 e. The summed E-state index contributed by atoms with van der Waals surface area (Å²) in [6.07, 6.45) is 13.2. The van der Waals surface area contributed by atoms with Crippen molar-refractivity contribution in [2.75, 3.05) is 0 Å². The predicted octanol–water partition coefficient (Wildman–Crippen LogP) is 5.00. The van der Waals surface area contributed by atoms with E-state index in [2.05, 4.69) is 19.7 Å². The lowest BCUT2D eigenvalue weighted by Gasteiger charge is -1.99. The van der Waals surface area contributed by atoms with Crippen LogP contribution >= 0.6 is 0 Å². The van der Waals surface area contributed by atoms with E-state index in [1.165, 1.54) is 0 Å². The van der Waals surface area contributed by atoms with Crippen LogP contribution < -0.4 is 0 Å². The van der Waals surface area contributed by atoms with Crippen molar-refractivity contribution in [2.45, 2.75) is 20.8 Å². The van der Waals surface area contributed by atoms with Gasteiger partial charge >= 0.3 is 0 Å². The molecule has 0 unspecified atom stereocenters. The Morgan fingerprint density at radius 2 is 1.33 bits per heavy atom. The fraction of sp³-hybridized carbons (Fsp3) is 0.200. The molecule has 0 fully saturated rings. The van der Waals surface area contributed by atoms with Crippen molar-refractivity contribution in [1.29, 1.82) is 0 Å². The summed E-state index contributed by atoms with van der Waals surface area (Å²) in [5.41, 5.74) is 2.08. The van der Waals surface area contributed by atoms with Crippen molar-refractivity contribution in [3.8, 4) is 0 Å². The van der Waals surface area contributed by atoms with Gasteiger partial charge in [0.25, 0.3) is 0 Å². The maximum atomic E-state index is 3.74. The molecular weight excluding hydrogens is 180 g/mol. The molecule has 0 heteroatoms. The van der Waals surface area contributed by atoms with Crippen molar-refractivity contribution in [1.82, 2.24) is 0 Å². The quantitative estimate of drug-likeness (QED) is 0.550. The molecule has 0 aromatic rings. The Morgan fingerprint density at radius 3 is 1.67 bits per heavy atom. The standard InChI is InChI=1S/C13H16.C2H6/c1-5-9-11-13(8-4)12(7-3)10-6-2;1-2/h5-11H,2-4H2,1H3;1-2H3/b9-5-,12-10+,13-11+;. The molecule has 0 radical (unpaired) electrons. The van der Waals surface area contributed by atoms with Crippen LogP contribution in [-0.2, 0) is 0 Å². The van der Waals surface area contributed by atoms with Gasteiger partial charge in [0.15, 0.2) is 0 Å². The Labute approximate surface area is 94.7 Å². The summed E-state index contributed by atoms with van der Waals surface area (Å²) in [5, 5.41) is 0. The average molecular weight is 202 g/mol. The van der Waals surface area contributed by atoms with E-state index in [1.807, 2.05) is 45.1 Å². The first kappa shape index (κ1) is 15.9. The topological polar surface area (TPSA) is 0 Å². The van der Waals surface area contributed by atoms with E-state index in [0.29, 0.717) is 0 Å². The maximum Gasteiger partial charge on any atom is -0.0190 e.